The van der Waals surface area contributed by atoms with Crippen LogP contribution in [-0.4, -0.2) is 52.1 Å². The van der Waals surface area contributed by atoms with Crippen molar-refractivity contribution in [3.63, 3.8) is 0 Å². The van der Waals surface area contributed by atoms with E-state index in [1.807, 2.05) is 12.1 Å². The lowest BCUT2D eigenvalue weighted by atomic mass is 10.2. The van der Waals surface area contributed by atoms with Crippen molar-refractivity contribution in [2.75, 3.05) is 31.1 Å². The molecule has 0 radical (unpaired) electrons. The minimum atomic E-state index is -1.02. The Hall–Kier alpha value is -2.18. The monoisotopic (exact) mass is 332 g/mol. The molecule has 1 fully saturated rings. The molecule has 7 heteroatoms. The first-order valence-electron chi connectivity index (χ1n) is 7.38. The molecule has 0 saturated carbocycles. The maximum atomic E-state index is 10.9. The Morgan fingerprint density at radius 3 is 2.52 bits per heavy atom. The van der Waals surface area contributed by atoms with Gasteiger partial charge in [0.05, 0.1) is 16.3 Å². The van der Waals surface area contributed by atoms with Crippen LogP contribution in [0.1, 0.15) is 16.1 Å². The van der Waals surface area contributed by atoms with Crippen LogP contribution in [0.15, 0.2) is 36.8 Å². The van der Waals surface area contributed by atoms with E-state index in [1.54, 1.807) is 12.4 Å². The molecule has 0 aromatic carbocycles. The minimum absolute atomic E-state index is 0.112. The van der Waals surface area contributed by atoms with Gasteiger partial charge in [-0.15, -0.1) is 0 Å². The summed E-state index contributed by atoms with van der Waals surface area (Å²) >= 11 is 6.15. The molecule has 6 nitrogen and oxygen atoms in total. The first-order chi connectivity index (χ1) is 11.1. The number of hydrogen-bond acceptors (Lipinski definition) is 5. The summed E-state index contributed by atoms with van der Waals surface area (Å²) in [5.41, 5.74) is 2.01. The summed E-state index contributed by atoms with van der Waals surface area (Å²) in [7, 11) is 0. The summed E-state index contributed by atoms with van der Waals surface area (Å²) in [5.74, 6) is -1.02. The van der Waals surface area contributed by atoms with Crippen molar-refractivity contribution in [1.82, 2.24) is 14.9 Å². The highest BCUT2D eigenvalue weighted by atomic mass is 35.5. The predicted octanol–water partition coefficient (Wildman–Crippen LogP) is 2.15. The van der Waals surface area contributed by atoms with Crippen molar-refractivity contribution in [1.29, 1.82) is 0 Å². The van der Waals surface area contributed by atoms with Crippen LogP contribution in [0.4, 0.5) is 5.69 Å². The van der Waals surface area contributed by atoms with Crippen LogP contribution < -0.4 is 4.90 Å². The van der Waals surface area contributed by atoms with Gasteiger partial charge in [0.15, 0.2) is 0 Å². The van der Waals surface area contributed by atoms with E-state index in [1.165, 1.54) is 18.0 Å². The van der Waals surface area contributed by atoms with Gasteiger partial charge in [-0.1, -0.05) is 11.6 Å². The van der Waals surface area contributed by atoms with Gasteiger partial charge < -0.3 is 10.0 Å². The molecule has 2 aromatic heterocycles. The van der Waals surface area contributed by atoms with Crippen molar-refractivity contribution in [2.45, 2.75) is 6.54 Å². The predicted molar refractivity (Wildman–Crippen MR) is 87.9 cm³/mol. The van der Waals surface area contributed by atoms with Crippen molar-refractivity contribution in [3.8, 4) is 0 Å². The summed E-state index contributed by atoms with van der Waals surface area (Å²) < 4.78 is 0. The topological polar surface area (TPSA) is 69.6 Å². The van der Waals surface area contributed by atoms with E-state index in [0.717, 1.165) is 26.2 Å². The maximum Gasteiger partial charge on any atom is 0.337 e. The number of carboxylic acid groups (broad SMARTS) is 1. The van der Waals surface area contributed by atoms with Crippen molar-refractivity contribution in [3.05, 3.63) is 53.1 Å². The summed E-state index contributed by atoms with van der Waals surface area (Å²) in [5, 5.41) is 9.34. The summed E-state index contributed by atoms with van der Waals surface area (Å²) in [6, 6.07) is 5.48. The number of rotatable bonds is 4. The van der Waals surface area contributed by atoms with Crippen LogP contribution >= 0.6 is 11.6 Å². The number of carbonyl (C=O) groups is 1. The second kappa shape index (κ2) is 6.93. The zero-order valence-electron chi connectivity index (χ0n) is 12.5. The van der Waals surface area contributed by atoms with E-state index >= 15 is 0 Å². The van der Waals surface area contributed by atoms with Crippen LogP contribution in [0.25, 0.3) is 0 Å². The largest absolute Gasteiger partial charge is 0.478 e. The third-order valence-electron chi connectivity index (χ3n) is 3.94. The lowest BCUT2D eigenvalue weighted by Crippen LogP contribution is -2.46. The van der Waals surface area contributed by atoms with Crippen LogP contribution in [-0.2, 0) is 6.54 Å². The normalized spacial score (nSPS) is 15.6. The molecule has 0 amide bonds. The molecular weight excluding hydrogens is 316 g/mol. The second-order valence-electron chi connectivity index (χ2n) is 5.43. The second-order valence-corrected chi connectivity index (χ2v) is 5.83. The molecule has 2 aromatic rings. The van der Waals surface area contributed by atoms with E-state index < -0.39 is 5.97 Å². The zero-order chi connectivity index (χ0) is 16.2. The first-order valence-corrected chi connectivity index (χ1v) is 7.76. The molecule has 1 saturated heterocycles. The van der Waals surface area contributed by atoms with Gasteiger partial charge >= 0.3 is 5.97 Å². The maximum absolute atomic E-state index is 10.9. The fourth-order valence-corrected chi connectivity index (χ4v) is 2.86. The highest BCUT2D eigenvalue weighted by molar-refractivity contribution is 6.31. The molecule has 1 aliphatic rings. The number of piperazine rings is 1. The number of halogens is 1. The Morgan fingerprint density at radius 2 is 1.91 bits per heavy atom. The van der Waals surface area contributed by atoms with Gasteiger partial charge in [0.2, 0.25) is 0 Å². The molecule has 0 bridgehead atoms. The average Bonchev–Trinajstić information content (AvgIpc) is 2.58. The molecule has 0 unspecified atom stereocenters. The van der Waals surface area contributed by atoms with Crippen molar-refractivity contribution >= 4 is 23.3 Å². The minimum Gasteiger partial charge on any atom is -0.478 e. The molecule has 0 atom stereocenters. The number of nitrogens with zero attached hydrogens (tertiary/aromatic N) is 4. The third-order valence-corrected chi connectivity index (χ3v) is 4.27. The van der Waals surface area contributed by atoms with Gasteiger partial charge in [-0.2, -0.15) is 0 Å². The molecule has 3 rings (SSSR count). The number of hydrogen-bond donors (Lipinski definition) is 1. The average molecular weight is 333 g/mol. The zero-order valence-corrected chi connectivity index (χ0v) is 13.3. The quantitative estimate of drug-likeness (QED) is 0.925. The van der Waals surface area contributed by atoms with Gasteiger partial charge in [0, 0.05) is 57.0 Å². The number of carboxylic acids is 1. The van der Waals surface area contributed by atoms with E-state index in [-0.39, 0.29) is 5.56 Å². The smallest absolute Gasteiger partial charge is 0.337 e. The molecule has 120 valence electrons. The van der Waals surface area contributed by atoms with Gasteiger partial charge in [0.1, 0.15) is 0 Å². The van der Waals surface area contributed by atoms with Gasteiger partial charge in [-0.05, 0) is 18.2 Å². The molecule has 0 spiro atoms. The fourth-order valence-electron chi connectivity index (χ4n) is 2.63. The number of aromatic carboxylic acids is 1. The van der Waals surface area contributed by atoms with E-state index in [4.69, 9.17) is 16.7 Å². The van der Waals surface area contributed by atoms with Crippen LogP contribution in [0.3, 0.4) is 0 Å². The fraction of sp³-hybridized carbons (Fsp3) is 0.312. The molecule has 0 aliphatic carbocycles. The highest BCUT2D eigenvalue weighted by Gasteiger charge is 2.19. The number of pyridine rings is 2. The molecular formula is C16H17ClN4O2. The van der Waals surface area contributed by atoms with E-state index in [2.05, 4.69) is 19.8 Å². The Kier molecular flexibility index (Phi) is 4.73. The highest BCUT2D eigenvalue weighted by Crippen LogP contribution is 2.19. The molecule has 23 heavy (non-hydrogen) atoms. The number of anilines is 1. The molecule has 1 N–H and O–H groups in total. The third kappa shape index (κ3) is 3.78. The van der Waals surface area contributed by atoms with Crippen molar-refractivity contribution in [2.24, 2.45) is 0 Å². The molecule has 3 heterocycles. The summed E-state index contributed by atoms with van der Waals surface area (Å²) in [6.45, 7) is 4.29. The standard InChI is InChI=1S/C16H17ClN4O2/c17-14-9-12(16(22)23)10-19-15(14)11-20-5-7-21(8-6-20)13-1-3-18-4-2-13/h1-4,9-10H,5-8,11H2,(H,22,23). The Bertz CT molecular complexity index is 688. The Labute approximate surface area is 139 Å². The molecule has 1 aliphatic heterocycles. The van der Waals surface area contributed by atoms with E-state index in [9.17, 15) is 4.79 Å². The van der Waals surface area contributed by atoms with Gasteiger partial charge in [0.25, 0.3) is 0 Å². The van der Waals surface area contributed by atoms with Crippen LogP contribution in [0.2, 0.25) is 5.02 Å². The Balaban J connectivity index is 1.60. The van der Waals surface area contributed by atoms with Gasteiger partial charge in [-0.3, -0.25) is 14.9 Å². The summed E-state index contributed by atoms with van der Waals surface area (Å²) in [4.78, 5) is 23.7. The Morgan fingerprint density at radius 1 is 1.22 bits per heavy atom. The van der Waals surface area contributed by atoms with Crippen LogP contribution in [0.5, 0.6) is 0 Å². The van der Waals surface area contributed by atoms with Crippen molar-refractivity contribution < 1.29 is 9.90 Å². The lowest BCUT2D eigenvalue weighted by Gasteiger charge is -2.35. The lowest BCUT2D eigenvalue weighted by molar-refractivity contribution is 0.0696. The van der Waals surface area contributed by atoms with E-state index in [0.29, 0.717) is 17.3 Å². The van der Waals surface area contributed by atoms with Gasteiger partial charge in [-0.25, -0.2) is 4.79 Å². The SMILES string of the molecule is O=C(O)c1cnc(CN2CCN(c3ccncc3)CC2)c(Cl)c1. The number of aromatic nitrogens is 2. The first kappa shape index (κ1) is 15.7. The summed E-state index contributed by atoms with van der Waals surface area (Å²) in [6.07, 6.45) is 4.96. The van der Waals surface area contributed by atoms with Crippen LogP contribution in [0, 0.1) is 0 Å².